The Morgan fingerprint density at radius 1 is 0.950 bits per heavy atom. The van der Waals surface area contributed by atoms with Crippen molar-refractivity contribution < 1.29 is 14.3 Å². The van der Waals surface area contributed by atoms with E-state index in [-0.39, 0.29) is 5.91 Å². The summed E-state index contributed by atoms with van der Waals surface area (Å²) in [6, 6.07) is 11.6. The molecule has 0 bridgehead atoms. The first-order valence-corrected chi connectivity index (χ1v) is 6.36. The molecule has 1 aliphatic rings. The largest absolute Gasteiger partial charge is 0.493 e. The number of fused-ring (bicyclic) bond motifs is 1. The van der Waals surface area contributed by atoms with Gasteiger partial charge >= 0.3 is 0 Å². The van der Waals surface area contributed by atoms with Gasteiger partial charge in [0, 0.05) is 12.1 Å². The molecule has 1 aliphatic heterocycles. The Morgan fingerprint density at radius 3 is 2.40 bits per heavy atom. The molecule has 0 spiro atoms. The number of nitrogens with one attached hydrogen (secondary N) is 1. The maximum Gasteiger partial charge on any atom is 0.251 e. The smallest absolute Gasteiger partial charge is 0.251 e. The van der Waals surface area contributed by atoms with Crippen LogP contribution in [-0.2, 0) is 6.54 Å². The first-order chi connectivity index (χ1) is 9.72. The van der Waals surface area contributed by atoms with Gasteiger partial charge in [0.1, 0.15) is 0 Å². The van der Waals surface area contributed by atoms with Crippen LogP contribution in [0.1, 0.15) is 15.9 Å². The van der Waals surface area contributed by atoms with Gasteiger partial charge in [0.25, 0.3) is 5.91 Å². The molecule has 2 aromatic rings. The normalized spacial score (nSPS) is 12.8. The molecule has 4 heteroatoms. The Hall–Kier alpha value is -2.49. The van der Waals surface area contributed by atoms with Crippen LogP contribution in [0.15, 0.2) is 36.4 Å². The molecule has 0 saturated heterocycles. The van der Waals surface area contributed by atoms with Crippen molar-refractivity contribution in [2.24, 2.45) is 0 Å². The predicted octanol–water partition coefficient (Wildman–Crippen LogP) is 2.61. The minimum atomic E-state index is -0.00105. The Labute approximate surface area is 117 Å². The summed E-state index contributed by atoms with van der Waals surface area (Å²) in [4.78, 5) is 11.5. The molecule has 1 N–H and O–H groups in total. The zero-order valence-corrected chi connectivity index (χ0v) is 11.4. The minimum absolute atomic E-state index is 0.00105. The lowest BCUT2D eigenvalue weighted by molar-refractivity contribution is 0.0966. The number of carbonyl (C=O) groups is 1. The van der Waals surface area contributed by atoms with Crippen LogP contribution in [0.3, 0.4) is 0 Å². The highest BCUT2D eigenvalue weighted by Crippen LogP contribution is 2.33. The van der Waals surface area contributed by atoms with Crippen molar-refractivity contribution in [2.75, 3.05) is 14.2 Å². The quantitative estimate of drug-likeness (QED) is 0.931. The van der Waals surface area contributed by atoms with Crippen LogP contribution in [-0.4, -0.2) is 20.1 Å². The van der Waals surface area contributed by atoms with Crippen molar-refractivity contribution in [2.45, 2.75) is 6.54 Å². The number of methoxy groups -OCH3 is 2. The number of amides is 1. The van der Waals surface area contributed by atoms with Gasteiger partial charge in [0.2, 0.25) is 0 Å². The molecule has 102 valence electrons. The van der Waals surface area contributed by atoms with Crippen molar-refractivity contribution in [3.63, 3.8) is 0 Å². The lowest BCUT2D eigenvalue weighted by atomic mass is 10.00. The van der Waals surface area contributed by atoms with E-state index in [1.165, 1.54) is 0 Å². The fraction of sp³-hybridized carbons (Fsp3) is 0.188. The van der Waals surface area contributed by atoms with Crippen molar-refractivity contribution in [3.8, 4) is 22.6 Å². The zero-order valence-electron chi connectivity index (χ0n) is 11.4. The van der Waals surface area contributed by atoms with Gasteiger partial charge in [-0.05, 0) is 41.0 Å². The summed E-state index contributed by atoms with van der Waals surface area (Å²) in [5.41, 5.74) is 3.88. The first kappa shape index (κ1) is 12.5. The highest BCUT2D eigenvalue weighted by Gasteiger charge is 2.19. The summed E-state index contributed by atoms with van der Waals surface area (Å²) < 4.78 is 10.6. The molecule has 0 aromatic heterocycles. The maximum absolute atomic E-state index is 11.5. The monoisotopic (exact) mass is 269 g/mol. The van der Waals surface area contributed by atoms with E-state index in [9.17, 15) is 4.79 Å². The van der Waals surface area contributed by atoms with E-state index in [1.54, 1.807) is 14.2 Å². The Bertz CT molecular complexity index is 679. The maximum atomic E-state index is 11.5. The van der Waals surface area contributed by atoms with Gasteiger partial charge in [-0.2, -0.15) is 0 Å². The van der Waals surface area contributed by atoms with Gasteiger partial charge in [-0.1, -0.05) is 12.1 Å². The number of rotatable bonds is 3. The molecule has 0 saturated carbocycles. The molecule has 1 heterocycles. The van der Waals surface area contributed by atoms with Crippen LogP contribution in [0.25, 0.3) is 11.1 Å². The van der Waals surface area contributed by atoms with Gasteiger partial charge < -0.3 is 14.8 Å². The molecule has 0 fully saturated rings. The summed E-state index contributed by atoms with van der Waals surface area (Å²) in [7, 11) is 3.23. The molecule has 1 amide bonds. The highest BCUT2D eigenvalue weighted by molar-refractivity contribution is 5.98. The van der Waals surface area contributed by atoms with Crippen LogP contribution in [0.5, 0.6) is 11.5 Å². The molecular weight excluding hydrogens is 254 g/mol. The number of hydrogen-bond acceptors (Lipinski definition) is 3. The standard InChI is InChI=1S/C16H15NO3/c1-19-14-6-4-11(8-15(14)20-2)10-3-5-13-12(7-10)9-17-16(13)18/h3-8H,9H2,1-2H3,(H,17,18). The van der Waals surface area contributed by atoms with Gasteiger partial charge in [0.05, 0.1) is 14.2 Å². The van der Waals surface area contributed by atoms with E-state index in [4.69, 9.17) is 9.47 Å². The third-order valence-electron chi connectivity index (χ3n) is 3.51. The molecule has 3 rings (SSSR count). The molecule has 0 aliphatic carbocycles. The average molecular weight is 269 g/mol. The van der Waals surface area contributed by atoms with Crippen molar-refractivity contribution >= 4 is 5.91 Å². The molecule has 0 radical (unpaired) electrons. The van der Waals surface area contributed by atoms with E-state index in [0.29, 0.717) is 18.0 Å². The van der Waals surface area contributed by atoms with E-state index in [2.05, 4.69) is 5.32 Å². The van der Waals surface area contributed by atoms with Gasteiger partial charge in [0.15, 0.2) is 11.5 Å². The highest BCUT2D eigenvalue weighted by atomic mass is 16.5. The molecular formula is C16H15NO3. The van der Waals surface area contributed by atoms with E-state index >= 15 is 0 Å². The van der Waals surface area contributed by atoms with E-state index in [1.807, 2.05) is 36.4 Å². The van der Waals surface area contributed by atoms with Gasteiger partial charge in [-0.3, -0.25) is 4.79 Å². The summed E-state index contributed by atoms with van der Waals surface area (Å²) in [6.45, 7) is 0.593. The first-order valence-electron chi connectivity index (χ1n) is 6.36. The number of carbonyl (C=O) groups excluding carboxylic acids is 1. The van der Waals surface area contributed by atoms with E-state index in [0.717, 1.165) is 22.3 Å². The van der Waals surface area contributed by atoms with Crippen molar-refractivity contribution in [1.29, 1.82) is 0 Å². The molecule has 0 unspecified atom stereocenters. The second kappa shape index (κ2) is 4.89. The molecule has 0 atom stereocenters. The second-order valence-electron chi connectivity index (χ2n) is 4.62. The van der Waals surface area contributed by atoms with Gasteiger partial charge in [-0.25, -0.2) is 0 Å². The fourth-order valence-corrected chi connectivity index (χ4v) is 2.43. The molecule has 20 heavy (non-hydrogen) atoms. The van der Waals surface area contributed by atoms with Crippen LogP contribution in [0.2, 0.25) is 0 Å². The number of hydrogen-bond donors (Lipinski definition) is 1. The van der Waals surface area contributed by atoms with E-state index < -0.39 is 0 Å². The average Bonchev–Trinajstić information content (AvgIpc) is 2.87. The number of benzene rings is 2. The molecule has 2 aromatic carbocycles. The third-order valence-corrected chi connectivity index (χ3v) is 3.51. The summed E-state index contributed by atoms with van der Waals surface area (Å²) in [6.07, 6.45) is 0. The Balaban J connectivity index is 2.03. The Morgan fingerprint density at radius 2 is 1.65 bits per heavy atom. The topological polar surface area (TPSA) is 47.6 Å². The lowest BCUT2D eigenvalue weighted by Gasteiger charge is -2.10. The minimum Gasteiger partial charge on any atom is -0.493 e. The molecule has 4 nitrogen and oxygen atoms in total. The summed E-state index contributed by atoms with van der Waals surface area (Å²) in [5.74, 6) is 1.40. The summed E-state index contributed by atoms with van der Waals surface area (Å²) >= 11 is 0. The lowest BCUT2D eigenvalue weighted by Crippen LogP contribution is -2.12. The van der Waals surface area contributed by atoms with Crippen LogP contribution < -0.4 is 14.8 Å². The van der Waals surface area contributed by atoms with Gasteiger partial charge in [-0.15, -0.1) is 0 Å². The van der Waals surface area contributed by atoms with Crippen LogP contribution >= 0.6 is 0 Å². The SMILES string of the molecule is COc1ccc(-c2ccc3c(c2)CNC3=O)cc1OC. The van der Waals surface area contributed by atoms with Crippen molar-refractivity contribution in [1.82, 2.24) is 5.32 Å². The third kappa shape index (κ3) is 1.99. The van der Waals surface area contributed by atoms with Crippen molar-refractivity contribution in [3.05, 3.63) is 47.5 Å². The zero-order chi connectivity index (χ0) is 14.1. The Kier molecular flexibility index (Phi) is 3.06. The number of ether oxygens (including phenoxy) is 2. The van der Waals surface area contributed by atoms with Crippen LogP contribution in [0, 0.1) is 0 Å². The fourth-order valence-electron chi connectivity index (χ4n) is 2.43. The van der Waals surface area contributed by atoms with Crippen LogP contribution in [0.4, 0.5) is 0 Å². The predicted molar refractivity (Wildman–Crippen MR) is 76.2 cm³/mol. The second-order valence-corrected chi connectivity index (χ2v) is 4.62. The summed E-state index contributed by atoms with van der Waals surface area (Å²) in [5, 5.41) is 2.82.